The number of carbonyl (C=O) groups excluding carboxylic acids is 4. The van der Waals surface area contributed by atoms with E-state index in [0.717, 1.165) is 16.3 Å². The van der Waals surface area contributed by atoms with Gasteiger partial charge in [-0.05, 0) is 53.8 Å². The molecule has 4 aliphatic heterocycles. The number of anilines is 1. The van der Waals surface area contributed by atoms with Gasteiger partial charge in [-0.15, -0.1) is 0 Å². The summed E-state index contributed by atoms with van der Waals surface area (Å²) in [6, 6.07) is 29.9. The van der Waals surface area contributed by atoms with E-state index in [-0.39, 0.29) is 25.3 Å². The van der Waals surface area contributed by atoms with Crippen LogP contribution >= 0.6 is 0 Å². The molecule has 282 valence electrons. The van der Waals surface area contributed by atoms with E-state index in [1.165, 1.54) is 4.90 Å². The molecule has 3 amide bonds. The van der Waals surface area contributed by atoms with Crippen molar-refractivity contribution in [2.75, 3.05) is 25.1 Å². The minimum Gasteiger partial charge on any atom is -0.455 e. The SMILES string of the molecule is C[C@H]1[C@H](c2ccccc2)OC(=O)[C@@H]2[C@H]3C(=O)N([C@@H](CO)Cc4ccccc4)[C@H](C(=O)N(c4ccc5ccccc5c4)C/C=C\CCC(=O)N1C)[C@]31C=C[C@H]2O1. The van der Waals surface area contributed by atoms with Crippen molar-refractivity contribution in [2.24, 2.45) is 11.8 Å². The molecule has 8 rings (SSSR count). The van der Waals surface area contributed by atoms with E-state index in [9.17, 15) is 14.7 Å². The predicted molar refractivity (Wildman–Crippen MR) is 208 cm³/mol. The highest BCUT2D eigenvalue weighted by atomic mass is 16.6. The Kier molecular flexibility index (Phi) is 9.88. The zero-order chi connectivity index (χ0) is 38.3. The van der Waals surface area contributed by atoms with E-state index in [1.54, 1.807) is 29.0 Å². The molecule has 8 atom stereocenters. The third-order valence-electron chi connectivity index (χ3n) is 11.8. The highest BCUT2D eigenvalue weighted by Crippen LogP contribution is 2.56. The van der Waals surface area contributed by atoms with Crippen LogP contribution in [0.1, 0.15) is 37.0 Å². The maximum Gasteiger partial charge on any atom is 0.313 e. The lowest BCUT2D eigenvalue weighted by Gasteiger charge is -2.39. The topological polar surface area (TPSA) is 117 Å². The normalized spacial score (nSPS) is 29.5. The molecule has 1 spiro atoms. The molecule has 2 fully saturated rings. The van der Waals surface area contributed by atoms with Crippen molar-refractivity contribution in [3.05, 3.63) is 139 Å². The standard InChI is InChI=1S/C45H45N3O7/c1-29-40(32-17-8-4-9-18-32)54-44(53)38-36-23-24-45(55-36)39(38)42(51)48(35(28-49)26-30-14-6-3-7-15-30)41(45)43(52)47(25-13-5-10-20-37(50)46(29)2)34-22-21-31-16-11-12-19-33(31)27-34/h3-9,11-19,21-24,27,29,35-36,38-41,49H,10,20,25-26,28H2,1-2H3/b13-5-/t29-,35+,36+,38-,39-,40+,41+,45-/m0/s1. The molecule has 1 N–H and O–H groups in total. The fourth-order valence-electron chi connectivity index (χ4n) is 8.90. The lowest BCUT2D eigenvalue weighted by atomic mass is 9.74. The molecular formula is C45H45N3O7. The van der Waals surface area contributed by atoms with Crippen molar-refractivity contribution < 1.29 is 33.8 Å². The highest BCUT2D eigenvalue weighted by Gasteiger charge is 2.74. The summed E-state index contributed by atoms with van der Waals surface area (Å²) in [6.07, 6.45) is 6.55. The Labute approximate surface area is 320 Å². The molecule has 55 heavy (non-hydrogen) atoms. The molecule has 0 aliphatic carbocycles. The number of cyclic esters (lactones) is 1. The number of esters is 1. The minimum absolute atomic E-state index is 0.121. The van der Waals surface area contributed by atoms with E-state index in [4.69, 9.17) is 9.47 Å². The van der Waals surface area contributed by atoms with Crippen molar-refractivity contribution in [3.63, 3.8) is 0 Å². The zero-order valence-corrected chi connectivity index (χ0v) is 30.9. The van der Waals surface area contributed by atoms with E-state index in [1.807, 2.05) is 122 Å². The number of carbonyl (C=O) groups is 4. The average Bonchev–Trinajstić information content (AvgIpc) is 3.87. The van der Waals surface area contributed by atoms with Crippen LogP contribution < -0.4 is 4.90 Å². The molecule has 4 heterocycles. The van der Waals surface area contributed by atoms with Crippen molar-refractivity contribution in [2.45, 2.75) is 62.1 Å². The first-order valence-electron chi connectivity index (χ1n) is 19.0. The summed E-state index contributed by atoms with van der Waals surface area (Å²) in [5, 5.41) is 12.9. The van der Waals surface area contributed by atoms with Crippen LogP contribution in [0.15, 0.2) is 127 Å². The van der Waals surface area contributed by atoms with Gasteiger partial charge < -0.3 is 29.3 Å². The lowest BCUT2D eigenvalue weighted by Crippen LogP contribution is -2.59. The van der Waals surface area contributed by atoms with Gasteiger partial charge in [0.25, 0.3) is 5.91 Å². The van der Waals surface area contributed by atoms with Crippen LogP contribution in [-0.4, -0.2) is 88.6 Å². The minimum atomic E-state index is -1.50. The lowest BCUT2D eigenvalue weighted by molar-refractivity contribution is -0.164. The summed E-state index contributed by atoms with van der Waals surface area (Å²) in [7, 11) is 1.71. The Morgan fingerprint density at radius 3 is 2.31 bits per heavy atom. The van der Waals surface area contributed by atoms with Gasteiger partial charge in [-0.3, -0.25) is 19.2 Å². The molecule has 0 radical (unpaired) electrons. The van der Waals surface area contributed by atoms with Crippen LogP contribution in [0.3, 0.4) is 0 Å². The smallest absolute Gasteiger partial charge is 0.313 e. The zero-order valence-electron chi connectivity index (χ0n) is 30.9. The number of amides is 3. The Morgan fingerprint density at radius 2 is 1.56 bits per heavy atom. The number of likely N-dealkylation sites (N-methyl/N-ethyl adjacent to an activating group) is 1. The Hall–Kier alpha value is -5.58. The first kappa shape index (κ1) is 36.4. The van der Waals surface area contributed by atoms with Crippen LogP contribution in [0.2, 0.25) is 0 Å². The molecule has 10 heteroatoms. The number of likely N-dealkylation sites (tertiary alicyclic amines) is 1. The van der Waals surface area contributed by atoms with Crippen LogP contribution in [0.25, 0.3) is 10.8 Å². The van der Waals surface area contributed by atoms with E-state index >= 15 is 9.59 Å². The summed E-state index contributed by atoms with van der Waals surface area (Å²) >= 11 is 0. The molecule has 2 saturated heterocycles. The van der Waals surface area contributed by atoms with Gasteiger partial charge in [0.1, 0.15) is 23.7 Å². The fourth-order valence-corrected chi connectivity index (χ4v) is 8.90. The fraction of sp³-hybridized carbons (Fsp3) is 0.333. The monoisotopic (exact) mass is 739 g/mol. The van der Waals surface area contributed by atoms with Crippen LogP contribution in [0.5, 0.6) is 0 Å². The summed E-state index contributed by atoms with van der Waals surface area (Å²) < 4.78 is 13.1. The van der Waals surface area contributed by atoms with Crippen molar-refractivity contribution in [3.8, 4) is 0 Å². The van der Waals surface area contributed by atoms with Crippen molar-refractivity contribution >= 4 is 40.2 Å². The summed E-state index contributed by atoms with van der Waals surface area (Å²) in [5.74, 6) is -3.79. The van der Waals surface area contributed by atoms with Gasteiger partial charge in [-0.25, -0.2) is 0 Å². The van der Waals surface area contributed by atoms with Gasteiger partial charge in [0, 0.05) is 25.7 Å². The Balaban J connectivity index is 1.26. The Bertz CT molecular complexity index is 2160. The third-order valence-corrected chi connectivity index (χ3v) is 11.8. The van der Waals surface area contributed by atoms with Crippen LogP contribution in [0, 0.1) is 11.8 Å². The summed E-state index contributed by atoms with van der Waals surface area (Å²) in [5.41, 5.74) is 0.704. The second-order valence-electron chi connectivity index (χ2n) is 15.0. The summed E-state index contributed by atoms with van der Waals surface area (Å²) in [4.78, 5) is 63.4. The number of hydrogen-bond acceptors (Lipinski definition) is 7. The number of ether oxygens (including phenoxy) is 2. The number of allylic oxidation sites excluding steroid dienone is 1. The first-order valence-corrected chi connectivity index (χ1v) is 19.0. The largest absolute Gasteiger partial charge is 0.455 e. The second kappa shape index (κ2) is 14.9. The molecule has 4 aromatic rings. The van der Waals surface area contributed by atoms with Crippen molar-refractivity contribution in [1.82, 2.24) is 9.80 Å². The molecule has 5 bridgehead atoms. The van der Waals surface area contributed by atoms with Gasteiger partial charge in [-0.2, -0.15) is 0 Å². The van der Waals surface area contributed by atoms with Gasteiger partial charge >= 0.3 is 5.97 Å². The molecule has 0 aromatic heterocycles. The molecular weight excluding hydrogens is 695 g/mol. The van der Waals surface area contributed by atoms with Crippen molar-refractivity contribution in [1.29, 1.82) is 0 Å². The van der Waals surface area contributed by atoms with Crippen LogP contribution in [-0.2, 0) is 35.1 Å². The van der Waals surface area contributed by atoms with E-state index in [0.29, 0.717) is 17.7 Å². The summed E-state index contributed by atoms with van der Waals surface area (Å²) in [6.45, 7) is 1.58. The Morgan fingerprint density at radius 1 is 0.855 bits per heavy atom. The van der Waals surface area contributed by atoms with Crippen LogP contribution in [0.4, 0.5) is 5.69 Å². The van der Waals surface area contributed by atoms with Gasteiger partial charge in [0.2, 0.25) is 11.8 Å². The number of hydrogen-bond donors (Lipinski definition) is 1. The number of aliphatic hydroxyl groups excluding tert-OH is 1. The average molecular weight is 740 g/mol. The quantitative estimate of drug-likeness (QED) is 0.208. The van der Waals surface area contributed by atoms with Gasteiger partial charge in [0.05, 0.1) is 30.7 Å². The van der Waals surface area contributed by atoms with E-state index < -0.39 is 72.2 Å². The number of benzene rings is 4. The predicted octanol–water partition coefficient (Wildman–Crippen LogP) is 5.41. The highest BCUT2D eigenvalue weighted by molar-refractivity contribution is 6.06. The number of rotatable bonds is 6. The molecule has 0 saturated carbocycles. The molecule has 10 nitrogen and oxygen atoms in total. The molecule has 4 aliphatic rings. The molecule has 0 unspecified atom stereocenters. The van der Waals surface area contributed by atoms with Gasteiger partial charge in [0.15, 0.2) is 0 Å². The number of nitrogens with zero attached hydrogens (tertiary/aromatic N) is 3. The maximum atomic E-state index is 15.5. The first-order chi connectivity index (χ1) is 26.7. The van der Waals surface area contributed by atoms with E-state index in [2.05, 4.69) is 0 Å². The molecule has 4 aromatic carbocycles. The van der Waals surface area contributed by atoms with Gasteiger partial charge in [-0.1, -0.05) is 115 Å². The number of aliphatic hydroxyl groups is 1. The number of fused-ring (bicyclic) bond motifs is 3. The maximum absolute atomic E-state index is 15.5. The third kappa shape index (κ3) is 6.43. The second-order valence-corrected chi connectivity index (χ2v) is 15.0.